The summed E-state index contributed by atoms with van der Waals surface area (Å²) in [5, 5.41) is 6.03. The lowest BCUT2D eigenvalue weighted by molar-refractivity contribution is 0.850. The minimum Gasteiger partial charge on any atom is -0.370 e. The Labute approximate surface area is 116 Å². The van der Waals surface area contributed by atoms with E-state index >= 15 is 0 Å². The van der Waals surface area contributed by atoms with E-state index in [-0.39, 0.29) is 0 Å². The molecule has 5 heteroatoms. The average molecular weight is 282 g/mol. The van der Waals surface area contributed by atoms with Gasteiger partial charge < -0.3 is 5.32 Å². The van der Waals surface area contributed by atoms with Crippen molar-refractivity contribution in [2.45, 2.75) is 26.7 Å². The molecule has 1 N–H and O–H groups in total. The van der Waals surface area contributed by atoms with Gasteiger partial charge in [0.2, 0.25) is 0 Å². The van der Waals surface area contributed by atoms with Crippen LogP contribution in [0.5, 0.6) is 0 Å². The molecule has 0 aliphatic rings. The van der Waals surface area contributed by atoms with Crippen LogP contribution in [-0.2, 0) is 0 Å². The second-order valence-electron chi connectivity index (χ2n) is 4.27. The molecular formula is C13H16ClN3S. The monoisotopic (exact) mass is 281 g/mol. The highest BCUT2D eigenvalue weighted by atomic mass is 35.5. The molecule has 2 heterocycles. The van der Waals surface area contributed by atoms with E-state index in [1.165, 1.54) is 0 Å². The topological polar surface area (TPSA) is 37.8 Å². The number of hydrogen-bond acceptors (Lipinski definition) is 4. The summed E-state index contributed by atoms with van der Waals surface area (Å²) in [6.45, 7) is 7.19. The molecule has 96 valence electrons. The Morgan fingerprint density at radius 3 is 2.72 bits per heavy atom. The first-order valence-corrected chi connectivity index (χ1v) is 7.23. The van der Waals surface area contributed by atoms with Crippen molar-refractivity contribution in [2.75, 3.05) is 11.9 Å². The molecule has 2 aromatic heterocycles. The van der Waals surface area contributed by atoms with Gasteiger partial charge in [-0.2, -0.15) is 0 Å². The number of rotatable bonds is 4. The molecule has 0 bridgehead atoms. The highest BCUT2D eigenvalue weighted by Gasteiger charge is 2.18. The summed E-state index contributed by atoms with van der Waals surface area (Å²) >= 11 is 7.82. The minimum absolute atomic E-state index is 0.341. The van der Waals surface area contributed by atoms with Crippen molar-refractivity contribution < 1.29 is 0 Å². The van der Waals surface area contributed by atoms with Crippen LogP contribution < -0.4 is 5.32 Å². The van der Waals surface area contributed by atoms with E-state index in [0.29, 0.717) is 5.92 Å². The van der Waals surface area contributed by atoms with Crippen molar-refractivity contribution in [1.29, 1.82) is 0 Å². The molecule has 2 aromatic rings. The number of thiophene rings is 1. The first-order valence-electron chi connectivity index (χ1n) is 5.97. The summed E-state index contributed by atoms with van der Waals surface area (Å²) in [5.41, 5.74) is 2.07. The van der Waals surface area contributed by atoms with Crippen molar-refractivity contribution in [3.8, 4) is 10.6 Å². The molecule has 0 aromatic carbocycles. The Bertz CT molecular complexity index is 537. The lowest BCUT2D eigenvalue weighted by atomic mass is 10.0. The van der Waals surface area contributed by atoms with Gasteiger partial charge in [0.25, 0.3) is 0 Å². The molecule has 0 saturated carbocycles. The van der Waals surface area contributed by atoms with Gasteiger partial charge in [0.05, 0.1) is 15.6 Å². The predicted molar refractivity (Wildman–Crippen MR) is 78.6 cm³/mol. The van der Waals surface area contributed by atoms with Gasteiger partial charge in [0.1, 0.15) is 12.1 Å². The third-order valence-corrected chi connectivity index (χ3v) is 3.99. The summed E-state index contributed by atoms with van der Waals surface area (Å²) in [6.07, 6.45) is 1.59. The standard InChI is InChI=1S/C13H16ClN3S/c1-4-15-13-10(8(2)3)11(16-7-17-13)12-9(14)5-6-18-12/h5-8H,4H2,1-3H3,(H,15,16,17). The number of hydrogen-bond donors (Lipinski definition) is 1. The first-order chi connectivity index (χ1) is 8.65. The van der Waals surface area contributed by atoms with Crippen LogP contribution in [0.25, 0.3) is 10.6 Å². The van der Waals surface area contributed by atoms with Crippen LogP contribution in [0, 0.1) is 0 Å². The van der Waals surface area contributed by atoms with Crippen LogP contribution >= 0.6 is 22.9 Å². The zero-order valence-corrected chi connectivity index (χ0v) is 12.3. The molecule has 3 nitrogen and oxygen atoms in total. The van der Waals surface area contributed by atoms with Crippen molar-refractivity contribution in [2.24, 2.45) is 0 Å². The molecule has 0 saturated heterocycles. The molecule has 0 spiro atoms. The maximum absolute atomic E-state index is 6.21. The Morgan fingerprint density at radius 2 is 2.17 bits per heavy atom. The largest absolute Gasteiger partial charge is 0.370 e. The van der Waals surface area contributed by atoms with E-state index in [4.69, 9.17) is 11.6 Å². The van der Waals surface area contributed by atoms with Gasteiger partial charge in [-0.25, -0.2) is 9.97 Å². The second-order valence-corrected chi connectivity index (χ2v) is 5.59. The number of nitrogens with one attached hydrogen (secondary N) is 1. The van der Waals surface area contributed by atoms with Crippen LogP contribution in [0.2, 0.25) is 5.02 Å². The average Bonchev–Trinajstić information content (AvgIpc) is 2.75. The summed E-state index contributed by atoms with van der Waals surface area (Å²) in [6, 6.07) is 1.90. The predicted octanol–water partition coefficient (Wildman–Crippen LogP) is 4.41. The molecular weight excluding hydrogens is 266 g/mol. The quantitative estimate of drug-likeness (QED) is 0.902. The van der Waals surface area contributed by atoms with Gasteiger partial charge in [-0.15, -0.1) is 11.3 Å². The van der Waals surface area contributed by atoms with E-state index in [9.17, 15) is 0 Å². The normalized spacial score (nSPS) is 10.9. The highest BCUT2D eigenvalue weighted by molar-refractivity contribution is 7.14. The smallest absolute Gasteiger partial charge is 0.133 e. The van der Waals surface area contributed by atoms with Crippen LogP contribution in [0.1, 0.15) is 32.3 Å². The lowest BCUT2D eigenvalue weighted by Crippen LogP contribution is -2.07. The molecule has 2 rings (SSSR count). The van der Waals surface area contributed by atoms with Gasteiger partial charge in [0.15, 0.2) is 0 Å². The SMILES string of the molecule is CCNc1ncnc(-c2sccc2Cl)c1C(C)C. The van der Waals surface area contributed by atoms with Crippen molar-refractivity contribution >= 4 is 28.8 Å². The molecule has 0 aliphatic heterocycles. The summed E-state index contributed by atoms with van der Waals surface area (Å²) in [5.74, 6) is 1.25. The van der Waals surface area contributed by atoms with Crippen molar-refractivity contribution in [1.82, 2.24) is 9.97 Å². The first kappa shape index (κ1) is 13.3. The fourth-order valence-electron chi connectivity index (χ4n) is 1.89. The molecule has 0 radical (unpaired) electrons. The third-order valence-electron chi connectivity index (χ3n) is 2.64. The molecule has 0 atom stereocenters. The fourth-order valence-corrected chi connectivity index (χ4v) is 3.05. The summed E-state index contributed by atoms with van der Waals surface area (Å²) in [7, 11) is 0. The molecule has 18 heavy (non-hydrogen) atoms. The lowest BCUT2D eigenvalue weighted by Gasteiger charge is -2.15. The molecule has 0 fully saturated rings. The Morgan fingerprint density at radius 1 is 1.39 bits per heavy atom. The van der Waals surface area contributed by atoms with Crippen LogP contribution in [0.15, 0.2) is 17.8 Å². The van der Waals surface area contributed by atoms with Gasteiger partial charge in [-0.05, 0) is 24.3 Å². The Balaban J connectivity index is 2.60. The maximum atomic E-state index is 6.21. The molecule has 0 aliphatic carbocycles. The maximum Gasteiger partial charge on any atom is 0.133 e. The highest BCUT2D eigenvalue weighted by Crippen LogP contribution is 2.38. The van der Waals surface area contributed by atoms with E-state index in [1.807, 2.05) is 11.4 Å². The van der Waals surface area contributed by atoms with E-state index in [0.717, 1.165) is 33.5 Å². The number of aromatic nitrogens is 2. The van der Waals surface area contributed by atoms with E-state index in [2.05, 4.69) is 36.1 Å². The minimum atomic E-state index is 0.341. The fraction of sp³-hybridized carbons (Fsp3) is 0.385. The van der Waals surface area contributed by atoms with Crippen molar-refractivity contribution in [3.05, 3.63) is 28.4 Å². The third kappa shape index (κ3) is 2.49. The molecule has 0 unspecified atom stereocenters. The number of anilines is 1. The van der Waals surface area contributed by atoms with Gasteiger partial charge in [-0.3, -0.25) is 0 Å². The van der Waals surface area contributed by atoms with E-state index in [1.54, 1.807) is 17.7 Å². The number of nitrogens with zero attached hydrogens (tertiary/aromatic N) is 2. The Kier molecular flexibility index (Phi) is 4.19. The summed E-state index contributed by atoms with van der Waals surface area (Å²) in [4.78, 5) is 9.77. The summed E-state index contributed by atoms with van der Waals surface area (Å²) < 4.78 is 0. The van der Waals surface area contributed by atoms with Crippen molar-refractivity contribution in [3.63, 3.8) is 0 Å². The number of halogens is 1. The van der Waals surface area contributed by atoms with Gasteiger partial charge >= 0.3 is 0 Å². The zero-order valence-electron chi connectivity index (χ0n) is 10.7. The zero-order chi connectivity index (χ0) is 13.1. The van der Waals surface area contributed by atoms with Crippen LogP contribution in [0.4, 0.5) is 5.82 Å². The van der Waals surface area contributed by atoms with Gasteiger partial charge in [0, 0.05) is 12.1 Å². The van der Waals surface area contributed by atoms with Crippen LogP contribution in [0.3, 0.4) is 0 Å². The van der Waals surface area contributed by atoms with Gasteiger partial charge in [-0.1, -0.05) is 25.4 Å². The second kappa shape index (κ2) is 5.67. The van der Waals surface area contributed by atoms with Crippen LogP contribution in [-0.4, -0.2) is 16.5 Å². The molecule has 0 amide bonds. The van der Waals surface area contributed by atoms with E-state index < -0.39 is 0 Å². The Hall–Kier alpha value is -1.13.